The Balaban J connectivity index is 1.79. The highest BCUT2D eigenvalue weighted by molar-refractivity contribution is 5.91. The summed E-state index contributed by atoms with van der Waals surface area (Å²) in [6.07, 6.45) is 0. The van der Waals surface area contributed by atoms with Gasteiger partial charge in [0.05, 0.1) is 31.5 Å². The number of hydrogen-bond acceptors (Lipinski definition) is 5. The number of anilines is 1. The molecule has 5 heteroatoms. The van der Waals surface area contributed by atoms with Crippen molar-refractivity contribution in [1.29, 1.82) is 0 Å². The summed E-state index contributed by atoms with van der Waals surface area (Å²) in [5.41, 5.74) is 4.46. The number of hydrogen-bond donors (Lipinski definition) is 1. The lowest BCUT2D eigenvalue weighted by Crippen LogP contribution is -2.36. The van der Waals surface area contributed by atoms with Crippen molar-refractivity contribution in [2.45, 2.75) is 6.92 Å². The van der Waals surface area contributed by atoms with Crippen LogP contribution in [0.25, 0.3) is 22.2 Å². The highest BCUT2D eigenvalue weighted by atomic mass is 16.5. The fourth-order valence-corrected chi connectivity index (χ4v) is 3.48. The van der Waals surface area contributed by atoms with Crippen molar-refractivity contribution >= 4 is 16.6 Å². The van der Waals surface area contributed by atoms with Crippen molar-refractivity contribution in [3.05, 3.63) is 48.0 Å². The fraction of sp³-hybridized carbons (Fsp3) is 0.286. The van der Waals surface area contributed by atoms with E-state index in [1.165, 1.54) is 0 Å². The van der Waals surface area contributed by atoms with Gasteiger partial charge in [0.2, 0.25) is 0 Å². The standard InChI is InChI=1S/C21H22N2O3/c1-14-4-3-5-16(21(14)25-2)19-13-20(24)17-12-15(6-7-18(17)22-19)23-8-10-26-11-9-23/h3-7,12-13H,8-11H2,1-2H3,(H,22,24). The number of methoxy groups -OCH3 is 1. The smallest absolute Gasteiger partial charge is 0.131 e. The van der Waals surface area contributed by atoms with Crippen LogP contribution in [0.1, 0.15) is 5.56 Å². The van der Waals surface area contributed by atoms with E-state index in [2.05, 4.69) is 11.0 Å². The molecule has 1 aliphatic heterocycles. The maximum atomic E-state index is 10.6. The Morgan fingerprint density at radius 3 is 2.69 bits per heavy atom. The van der Waals surface area contributed by atoms with Gasteiger partial charge in [-0.15, -0.1) is 0 Å². The molecule has 1 saturated heterocycles. The molecule has 0 bridgehead atoms. The number of ether oxygens (including phenoxy) is 2. The summed E-state index contributed by atoms with van der Waals surface area (Å²) >= 11 is 0. The minimum absolute atomic E-state index is 0.226. The molecule has 1 aromatic heterocycles. The van der Waals surface area contributed by atoms with E-state index >= 15 is 0 Å². The number of rotatable bonds is 3. The molecule has 0 saturated carbocycles. The molecule has 1 fully saturated rings. The van der Waals surface area contributed by atoms with E-state index < -0.39 is 0 Å². The van der Waals surface area contributed by atoms with Gasteiger partial charge in [-0.25, -0.2) is 4.98 Å². The van der Waals surface area contributed by atoms with E-state index in [0.29, 0.717) is 5.69 Å². The number of benzene rings is 2. The van der Waals surface area contributed by atoms with Gasteiger partial charge in [0.15, 0.2) is 0 Å². The molecule has 4 rings (SSSR count). The lowest BCUT2D eigenvalue weighted by atomic mass is 10.0. The first-order chi connectivity index (χ1) is 12.7. The van der Waals surface area contributed by atoms with E-state index in [0.717, 1.165) is 59.8 Å². The maximum Gasteiger partial charge on any atom is 0.131 e. The van der Waals surface area contributed by atoms with E-state index in [9.17, 15) is 5.11 Å². The van der Waals surface area contributed by atoms with Crippen LogP contribution in [-0.2, 0) is 4.74 Å². The molecular formula is C21H22N2O3. The highest BCUT2D eigenvalue weighted by Gasteiger charge is 2.15. The predicted molar refractivity (Wildman–Crippen MR) is 103 cm³/mol. The molecule has 26 heavy (non-hydrogen) atoms. The summed E-state index contributed by atoms with van der Waals surface area (Å²) in [7, 11) is 1.65. The summed E-state index contributed by atoms with van der Waals surface area (Å²) in [5, 5.41) is 11.4. The molecule has 0 radical (unpaired) electrons. The molecule has 0 unspecified atom stereocenters. The second-order valence-electron chi connectivity index (χ2n) is 6.48. The quantitative estimate of drug-likeness (QED) is 0.779. The van der Waals surface area contributed by atoms with Gasteiger partial charge in [0, 0.05) is 35.8 Å². The highest BCUT2D eigenvalue weighted by Crippen LogP contribution is 2.36. The summed E-state index contributed by atoms with van der Waals surface area (Å²) < 4.78 is 11.0. The van der Waals surface area contributed by atoms with Crippen molar-refractivity contribution in [2.24, 2.45) is 0 Å². The first-order valence-electron chi connectivity index (χ1n) is 8.78. The van der Waals surface area contributed by atoms with Gasteiger partial charge in [-0.2, -0.15) is 0 Å². The van der Waals surface area contributed by atoms with Gasteiger partial charge in [-0.3, -0.25) is 0 Å². The van der Waals surface area contributed by atoms with Crippen LogP contribution in [0.4, 0.5) is 5.69 Å². The molecule has 2 heterocycles. The molecule has 0 aliphatic carbocycles. The molecule has 0 spiro atoms. The Bertz CT molecular complexity index is 949. The molecule has 0 amide bonds. The second-order valence-corrected chi connectivity index (χ2v) is 6.48. The maximum absolute atomic E-state index is 10.6. The lowest BCUT2D eigenvalue weighted by molar-refractivity contribution is 0.122. The summed E-state index contributed by atoms with van der Waals surface area (Å²) in [5.74, 6) is 1.01. The zero-order valence-electron chi connectivity index (χ0n) is 15.0. The van der Waals surface area contributed by atoms with Crippen molar-refractivity contribution in [3.8, 4) is 22.8 Å². The summed E-state index contributed by atoms with van der Waals surface area (Å²) in [4.78, 5) is 7.02. The Morgan fingerprint density at radius 2 is 1.92 bits per heavy atom. The molecular weight excluding hydrogens is 328 g/mol. The SMILES string of the molecule is COc1c(C)cccc1-c1cc(O)c2cc(N3CCOCC3)ccc2n1. The first-order valence-corrected chi connectivity index (χ1v) is 8.78. The van der Waals surface area contributed by atoms with Gasteiger partial charge in [-0.1, -0.05) is 12.1 Å². The number of nitrogens with zero attached hydrogens (tertiary/aromatic N) is 2. The molecule has 1 aliphatic rings. The van der Waals surface area contributed by atoms with Gasteiger partial charge in [0.25, 0.3) is 0 Å². The van der Waals surface area contributed by atoms with Crippen LogP contribution in [0.3, 0.4) is 0 Å². The van der Waals surface area contributed by atoms with Gasteiger partial charge in [0.1, 0.15) is 11.5 Å². The number of aromatic nitrogens is 1. The zero-order valence-corrected chi connectivity index (χ0v) is 15.0. The Labute approximate surface area is 152 Å². The normalized spacial score (nSPS) is 14.6. The molecule has 134 valence electrons. The third-order valence-corrected chi connectivity index (χ3v) is 4.84. The number of pyridine rings is 1. The average Bonchev–Trinajstić information content (AvgIpc) is 2.68. The monoisotopic (exact) mass is 350 g/mol. The fourth-order valence-electron chi connectivity index (χ4n) is 3.48. The molecule has 3 aromatic rings. The zero-order chi connectivity index (χ0) is 18.1. The predicted octanol–water partition coefficient (Wildman–Crippen LogP) is 3.76. The summed E-state index contributed by atoms with van der Waals surface area (Å²) in [6, 6.07) is 13.7. The van der Waals surface area contributed by atoms with Gasteiger partial charge >= 0.3 is 0 Å². The first kappa shape index (κ1) is 16.7. The molecule has 5 nitrogen and oxygen atoms in total. The van der Waals surface area contributed by atoms with Crippen LogP contribution in [0.2, 0.25) is 0 Å². The topological polar surface area (TPSA) is 54.8 Å². The van der Waals surface area contributed by atoms with Crippen molar-refractivity contribution in [3.63, 3.8) is 0 Å². The minimum Gasteiger partial charge on any atom is -0.507 e. The summed E-state index contributed by atoms with van der Waals surface area (Å²) in [6.45, 7) is 5.18. The van der Waals surface area contributed by atoms with Crippen LogP contribution in [0.15, 0.2) is 42.5 Å². The molecule has 1 N–H and O–H groups in total. The third kappa shape index (κ3) is 2.95. The van der Waals surface area contributed by atoms with Crippen molar-refractivity contribution in [1.82, 2.24) is 4.98 Å². The number of para-hydroxylation sites is 1. The minimum atomic E-state index is 0.226. The lowest BCUT2D eigenvalue weighted by Gasteiger charge is -2.29. The van der Waals surface area contributed by atoms with Crippen LogP contribution in [-0.4, -0.2) is 43.5 Å². The molecule has 0 atom stereocenters. The Hall–Kier alpha value is -2.79. The number of fused-ring (bicyclic) bond motifs is 1. The van der Waals surface area contributed by atoms with E-state index in [1.54, 1.807) is 13.2 Å². The van der Waals surface area contributed by atoms with Crippen LogP contribution < -0.4 is 9.64 Å². The Morgan fingerprint density at radius 1 is 1.12 bits per heavy atom. The van der Waals surface area contributed by atoms with Gasteiger partial charge < -0.3 is 19.5 Å². The van der Waals surface area contributed by atoms with Crippen LogP contribution in [0.5, 0.6) is 11.5 Å². The second kappa shape index (κ2) is 6.84. The number of morpholine rings is 1. The average molecular weight is 350 g/mol. The van der Waals surface area contributed by atoms with E-state index in [1.807, 2.05) is 37.3 Å². The largest absolute Gasteiger partial charge is 0.507 e. The number of aryl methyl sites for hydroxylation is 1. The Kier molecular flexibility index (Phi) is 4.39. The van der Waals surface area contributed by atoms with Crippen molar-refractivity contribution < 1.29 is 14.6 Å². The van der Waals surface area contributed by atoms with Crippen LogP contribution >= 0.6 is 0 Å². The van der Waals surface area contributed by atoms with E-state index in [4.69, 9.17) is 14.5 Å². The van der Waals surface area contributed by atoms with Gasteiger partial charge in [-0.05, 0) is 36.8 Å². The van der Waals surface area contributed by atoms with Crippen LogP contribution in [0, 0.1) is 6.92 Å². The van der Waals surface area contributed by atoms with E-state index in [-0.39, 0.29) is 5.75 Å². The third-order valence-electron chi connectivity index (χ3n) is 4.84. The van der Waals surface area contributed by atoms with Crippen molar-refractivity contribution in [2.75, 3.05) is 38.3 Å². The molecule has 2 aromatic carbocycles. The number of aromatic hydroxyl groups is 1.